The van der Waals surface area contributed by atoms with Crippen molar-refractivity contribution < 1.29 is 25.2 Å². The first-order valence-electron chi connectivity index (χ1n) is 10.5. The fourth-order valence-electron chi connectivity index (χ4n) is 4.53. The molecule has 1 unspecified atom stereocenters. The lowest BCUT2D eigenvalue weighted by Gasteiger charge is -2.44. The summed E-state index contributed by atoms with van der Waals surface area (Å²) in [6.07, 6.45) is -2.89. The summed E-state index contributed by atoms with van der Waals surface area (Å²) in [6.45, 7) is 2.91. The Morgan fingerprint density at radius 2 is 1.81 bits per heavy atom. The van der Waals surface area contributed by atoms with Crippen molar-refractivity contribution in [1.29, 1.82) is 0 Å². The molecule has 168 valence electrons. The lowest BCUT2D eigenvalue weighted by Crippen LogP contribution is -2.58. The standard InChI is InChI=1S/C23H28ClNO5S/c1-2-30-15-8-6-13(7-9-15)10-14-11-25(17-5-3-4-16(24)19(14)17)23-22(29)21(28)20(27)18(12-26)31-23/h3-9,14,18,20-23,26-29H,2,10-12H2,1H3/t14?,18-,20-,21+,22-,23-/m1/s1. The van der Waals surface area contributed by atoms with Gasteiger partial charge in [0.05, 0.1) is 24.6 Å². The van der Waals surface area contributed by atoms with E-state index in [1.165, 1.54) is 11.8 Å². The van der Waals surface area contributed by atoms with E-state index < -0.39 is 28.9 Å². The molecule has 0 spiro atoms. The number of halogens is 1. The highest BCUT2D eigenvalue weighted by molar-refractivity contribution is 8.00. The molecular weight excluding hydrogens is 438 g/mol. The van der Waals surface area contributed by atoms with Crippen LogP contribution in [0.2, 0.25) is 5.02 Å². The number of anilines is 1. The summed E-state index contributed by atoms with van der Waals surface area (Å²) in [5.41, 5.74) is 3.09. The monoisotopic (exact) mass is 465 g/mol. The van der Waals surface area contributed by atoms with E-state index in [1.54, 1.807) is 0 Å². The van der Waals surface area contributed by atoms with Gasteiger partial charge in [0.25, 0.3) is 0 Å². The van der Waals surface area contributed by atoms with E-state index in [-0.39, 0.29) is 12.5 Å². The molecule has 0 amide bonds. The van der Waals surface area contributed by atoms with Gasteiger partial charge < -0.3 is 30.1 Å². The van der Waals surface area contributed by atoms with Crippen molar-refractivity contribution in [2.75, 3.05) is 24.7 Å². The van der Waals surface area contributed by atoms with Gasteiger partial charge in [0, 0.05) is 23.2 Å². The zero-order chi connectivity index (χ0) is 22.1. The number of fused-ring (bicyclic) bond motifs is 1. The second kappa shape index (κ2) is 9.57. The van der Waals surface area contributed by atoms with Crippen molar-refractivity contribution in [2.45, 2.75) is 48.2 Å². The van der Waals surface area contributed by atoms with Crippen LogP contribution in [0.1, 0.15) is 24.0 Å². The molecule has 2 aromatic carbocycles. The third-order valence-corrected chi connectivity index (χ3v) is 7.97. The highest BCUT2D eigenvalue weighted by atomic mass is 35.5. The Kier molecular flexibility index (Phi) is 7.01. The largest absolute Gasteiger partial charge is 0.494 e. The van der Waals surface area contributed by atoms with Gasteiger partial charge in [-0.25, -0.2) is 0 Å². The third kappa shape index (κ3) is 4.40. The number of rotatable bonds is 6. The minimum Gasteiger partial charge on any atom is -0.494 e. The number of aliphatic hydroxyl groups is 4. The Hall–Kier alpha value is -1.48. The fourth-order valence-corrected chi connectivity index (χ4v) is 6.29. The highest BCUT2D eigenvalue weighted by Crippen LogP contribution is 2.47. The summed E-state index contributed by atoms with van der Waals surface area (Å²) in [5.74, 6) is 0.938. The van der Waals surface area contributed by atoms with Gasteiger partial charge in [-0.1, -0.05) is 29.8 Å². The number of benzene rings is 2. The van der Waals surface area contributed by atoms with E-state index >= 15 is 0 Å². The molecule has 0 saturated carbocycles. The van der Waals surface area contributed by atoms with Crippen LogP contribution in [0.15, 0.2) is 42.5 Å². The maximum absolute atomic E-state index is 10.7. The van der Waals surface area contributed by atoms with Gasteiger partial charge in [-0.2, -0.15) is 0 Å². The first-order valence-corrected chi connectivity index (χ1v) is 11.8. The molecule has 1 fully saturated rings. The Labute approximate surface area is 191 Å². The summed E-state index contributed by atoms with van der Waals surface area (Å²) >= 11 is 7.89. The number of nitrogens with zero attached hydrogens (tertiary/aromatic N) is 1. The number of ether oxygens (including phenoxy) is 1. The molecule has 0 aromatic heterocycles. The smallest absolute Gasteiger partial charge is 0.119 e. The molecule has 2 heterocycles. The van der Waals surface area contributed by atoms with E-state index in [1.807, 2.05) is 42.2 Å². The van der Waals surface area contributed by atoms with Crippen molar-refractivity contribution in [3.8, 4) is 5.75 Å². The van der Waals surface area contributed by atoms with Gasteiger partial charge in [-0.3, -0.25) is 0 Å². The zero-order valence-corrected chi connectivity index (χ0v) is 18.8. The molecular formula is C23H28ClNO5S. The molecule has 6 nitrogen and oxygen atoms in total. The first-order chi connectivity index (χ1) is 14.9. The quantitative estimate of drug-likeness (QED) is 0.520. The van der Waals surface area contributed by atoms with Crippen LogP contribution in [0.3, 0.4) is 0 Å². The Balaban J connectivity index is 1.61. The van der Waals surface area contributed by atoms with E-state index in [2.05, 4.69) is 12.1 Å². The first kappa shape index (κ1) is 22.7. The molecule has 31 heavy (non-hydrogen) atoms. The summed E-state index contributed by atoms with van der Waals surface area (Å²) in [6, 6.07) is 13.7. The summed E-state index contributed by atoms with van der Waals surface area (Å²) in [5, 5.41) is 40.5. The van der Waals surface area contributed by atoms with Crippen LogP contribution in [0.4, 0.5) is 5.69 Å². The highest BCUT2D eigenvalue weighted by Gasteiger charge is 2.47. The Bertz CT molecular complexity index is 896. The van der Waals surface area contributed by atoms with Gasteiger partial charge in [-0.05, 0) is 48.7 Å². The van der Waals surface area contributed by atoms with Crippen LogP contribution in [0.5, 0.6) is 5.75 Å². The van der Waals surface area contributed by atoms with Crippen LogP contribution in [-0.4, -0.2) is 69.1 Å². The SMILES string of the molecule is CCOc1ccc(CC2CN([C@@H]3S[C@H](CO)[C@@H](O)[C@H](O)[C@H]3O)c3cccc(Cl)c32)cc1. The lowest BCUT2D eigenvalue weighted by atomic mass is 9.93. The molecule has 2 aliphatic rings. The van der Waals surface area contributed by atoms with Crippen LogP contribution < -0.4 is 9.64 Å². The van der Waals surface area contributed by atoms with Crippen LogP contribution in [-0.2, 0) is 6.42 Å². The molecule has 2 aromatic rings. The maximum Gasteiger partial charge on any atom is 0.119 e. The summed E-state index contributed by atoms with van der Waals surface area (Å²) in [7, 11) is 0. The van der Waals surface area contributed by atoms with Gasteiger partial charge in [0.2, 0.25) is 0 Å². The van der Waals surface area contributed by atoms with Crippen LogP contribution in [0.25, 0.3) is 0 Å². The average molecular weight is 466 g/mol. The predicted octanol–water partition coefficient (Wildman–Crippen LogP) is 2.40. The number of hydrogen-bond acceptors (Lipinski definition) is 7. The Morgan fingerprint density at radius 1 is 1.06 bits per heavy atom. The topological polar surface area (TPSA) is 93.4 Å². The van der Waals surface area contributed by atoms with E-state index in [9.17, 15) is 20.4 Å². The second-order valence-electron chi connectivity index (χ2n) is 8.02. The van der Waals surface area contributed by atoms with Crippen molar-refractivity contribution in [2.24, 2.45) is 0 Å². The third-order valence-electron chi connectivity index (χ3n) is 6.06. The van der Waals surface area contributed by atoms with Crippen molar-refractivity contribution in [1.82, 2.24) is 0 Å². The predicted molar refractivity (Wildman–Crippen MR) is 123 cm³/mol. The van der Waals surface area contributed by atoms with Crippen LogP contribution >= 0.6 is 23.4 Å². The fraction of sp³-hybridized carbons (Fsp3) is 0.478. The maximum atomic E-state index is 10.7. The van der Waals surface area contributed by atoms with Gasteiger partial charge in [0.1, 0.15) is 23.3 Å². The zero-order valence-electron chi connectivity index (χ0n) is 17.3. The number of thioether (sulfide) groups is 1. The van der Waals surface area contributed by atoms with Gasteiger partial charge in [0.15, 0.2) is 0 Å². The average Bonchev–Trinajstić information content (AvgIpc) is 3.13. The van der Waals surface area contributed by atoms with Gasteiger partial charge in [-0.15, -0.1) is 11.8 Å². The molecule has 0 radical (unpaired) electrons. The molecule has 6 atom stereocenters. The Morgan fingerprint density at radius 3 is 2.48 bits per heavy atom. The molecule has 4 N–H and O–H groups in total. The molecule has 1 saturated heterocycles. The summed E-state index contributed by atoms with van der Waals surface area (Å²) < 4.78 is 5.53. The van der Waals surface area contributed by atoms with Crippen molar-refractivity contribution >= 4 is 29.1 Å². The second-order valence-corrected chi connectivity index (χ2v) is 9.79. The normalized spacial score (nSPS) is 30.3. The van der Waals surface area contributed by atoms with Crippen LogP contribution in [0, 0.1) is 0 Å². The lowest BCUT2D eigenvalue weighted by molar-refractivity contribution is -0.0696. The molecule has 0 bridgehead atoms. The minimum absolute atomic E-state index is 0.103. The minimum atomic E-state index is -1.32. The molecule has 8 heteroatoms. The van der Waals surface area contributed by atoms with Gasteiger partial charge >= 0.3 is 0 Å². The van der Waals surface area contributed by atoms with E-state index in [4.69, 9.17) is 16.3 Å². The van der Waals surface area contributed by atoms with Crippen molar-refractivity contribution in [3.63, 3.8) is 0 Å². The van der Waals surface area contributed by atoms with E-state index in [0.29, 0.717) is 18.2 Å². The molecule has 2 aliphatic heterocycles. The number of aliphatic hydroxyl groups excluding tert-OH is 4. The van der Waals surface area contributed by atoms with Crippen molar-refractivity contribution in [3.05, 3.63) is 58.6 Å². The summed E-state index contributed by atoms with van der Waals surface area (Å²) in [4.78, 5) is 2.05. The van der Waals surface area contributed by atoms with E-state index in [0.717, 1.165) is 29.0 Å². The number of hydrogen-bond donors (Lipinski definition) is 4. The molecule has 4 rings (SSSR count). The molecule has 0 aliphatic carbocycles.